The summed E-state index contributed by atoms with van der Waals surface area (Å²) < 4.78 is 6.08. The van der Waals surface area contributed by atoms with Crippen LogP contribution >= 0.6 is 0 Å². The van der Waals surface area contributed by atoms with Gasteiger partial charge in [-0.1, -0.05) is 29.8 Å². The molecule has 3 rings (SSSR count). The molecule has 3 nitrogen and oxygen atoms in total. The van der Waals surface area contributed by atoms with Crippen LogP contribution < -0.4 is 9.64 Å². The molecule has 0 aliphatic carbocycles. The van der Waals surface area contributed by atoms with Crippen LogP contribution in [0, 0.1) is 6.92 Å². The van der Waals surface area contributed by atoms with Crippen molar-refractivity contribution in [3.63, 3.8) is 0 Å². The van der Waals surface area contributed by atoms with Crippen LogP contribution in [0.25, 0.3) is 0 Å². The molecule has 3 heteroatoms. The fourth-order valence-electron chi connectivity index (χ4n) is 2.81. The van der Waals surface area contributed by atoms with Gasteiger partial charge >= 0.3 is 0 Å². The predicted molar refractivity (Wildman–Crippen MR) is 85.3 cm³/mol. The largest absolute Gasteiger partial charge is 0.508 e. The van der Waals surface area contributed by atoms with Gasteiger partial charge in [0.2, 0.25) is 0 Å². The number of likely N-dealkylation sites (N-methyl/N-ethyl adjacent to an activating group) is 1. The molecule has 0 saturated heterocycles. The summed E-state index contributed by atoms with van der Waals surface area (Å²) in [6.45, 7) is 6.05. The molecule has 0 aromatic heterocycles. The van der Waals surface area contributed by atoms with Crippen molar-refractivity contribution in [1.82, 2.24) is 0 Å². The minimum Gasteiger partial charge on any atom is -0.508 e. The summed E-state index contributed by atoms with van der Waals surface area (Å²) >= 11 is 0. The van der Waals surface area contributed by atoms with Gasteiger partial charge in [-0.15, -0.1) is 0 Å². The maximum absolute atomic E-state index is 9.66. The van der Waals surface area contributed by atoms with E-state index in [4.69, 9.17) is 4.74 Å². The number of anilines is 1. The third-order valence-corrected chi connectivity index (χ3v) is 3.97. The van der Waals surface area contributed by atoms with E-state index in [1.807, 2.05) is 6.07 Å². The second kappa shape index (κ2) is 5.68. The summed E-state index contributed by atoms with van der Waals surface area (Å²) in [5, 5.41) is 9.66. The van der Waals surface area contributed by atoms with Crippen molar-refractivity contribution in [2.24, 2.45) is 0 Å². The Morgan fingerprint density at radius 1 is 1.19 bits per heavy atom. The Hall–Kier alpha value is -2.16. The Labute approximate surface area is 125 Å². The van der Waals surface area contributed by atoms with E-state index in [2.05, 4.69) is 43.0 Å². The highest BCUT2D eigenvalue weighted by Gasteiger charge is 2.25. The molecule has 1 unspecified atom stereocenters. The van der Waals surface area contributed by atoms with E-state index in [-0.39, 0.29) is 11.9 Å². The number of fused-ring (bicyclic) bond motifs is 1. The number of benzene rings is 2. The third-order valence-electron chi connectivity index (χ3n) is 3.97. The third kappa shape index (κ3) is 2.97. The summed E-state index contributed by atoms with van der Waals surface area (Å²) in [6.07, 6.45) is 0.994. The lowest BCUT2D eigenvalue weighted by Gasteiger charge is -2.35. The molecule has 0 fully saturated rings. The van der Waals surface area contributed by atoms with Crippen molar-refractivity contribution in [1.29, 1.82) is 0 Å². The van der Waals surface area contributed by atoms with Crippen LogP contribution in [0.4, 0.5) is 5.69 Å². The van der Waals surface area contributed by atoms with Crippen LogP contribution in [0.15, 0.2) is 42.5 Å². The van der Waals surface area contributed by atoms with Crippen LogP contribution in [-0.2, 0) is 6.42 Å². The quantitative estimate of drug-likeness (QED) is 0.935. The number of rotatable bonds is 3. The fraction of sp³-hybridized carbons (Fsp3) is 0.333. The van der Waals surface area contributed by atoms with E-state index < -0.39 is 0 Å². The zero-order valence-electron chi connectivity index (χ0n) is 12.5. The highest BCUT2D eigenvalue weighted by Crippen LogP contribution is 2.36. The molecule has 1 aliphatic heterocycles. The first-order valence-electron chi connectivity index (χ1n) is 7.46. The van der Waals surface area contributed by atoms with Gasteiger partial charge in [0.05, 0.1) is 12.2 Å². The minimum absolute atomic E-state index is 0.113. The highest BCUT2D eigenvalue weighted by molar-refractivity contribution is 5.62. The standard InChI is InChI=1S/C18H21NO2/c1-3-19-12-16(10-14-6-4-13(2)5-7-14)21-18-11-15(20)8-9-17(18)19/h4-9,11,16,20H,3,10,12H2,1-2H3. The Morgan fingerprint density at radius 2 is 1.95 bits per heavy atom. The van der Waals surface area contributed by atoms with Crippen LogP contribution in [0.1, 0.15) is 18.1 Å². The van der Waals surface area contributed by atoms with Gasteiger partial charge in [-0.05, 0) is 31.5 Å². The summed E-state index contributed by atoms with van der Waals surface area (Å²) in [6, 6.07) is 13.9. The fourth-order valence-corrected chi connectivity index (χ4v) is 2.81. The van der Waals surface area contributed by atoms with Crippen molar-refractivity contribution < 1.29 is 9.84 Å². The van der Waals surface area contributed by atoms with Crippen LogP contribution in [-0.4, -0.2) is 24.3 Å². The number of aromatic hydroxyl groups is 1. The van der Waals surface area contributed by atoms with Crippen molar-refractivity contribution in [3.8, 4) is 11.5 Å². The Kier molecular flexibility index (Phi) is 3.74. The number of phenols is 1. The molecule has 1 N–H and O–H groups in total. The number of phenolic OH excluding ortho intramolecular Hbond substituents is 1. The topological polar surface area (TPSA) is 32.7 Å². The molecule has 0 saturated carbocycles. The van der Waals surface area contributed by atoms with Crippen LogP contribution in [0.3, 0.4) is 0 Å². The van der Waals surface area contributed by atoms with E-state index in [0.717, 1.165) is 30.9 Å². The predicted octanol–water partition coefficient (Wildman–Crippen LogP) is 3.53. The molecule has 2 aromatic rings. The van der Waals surface area contributed by atoms with E-state index in [0.29, 0.717) is 0 Å². The molecule has 21 heavy (non-hydrogen) atoms. The molecular weight excluding hydrogens is 262 g/mol. The van der Waals surface area contributed by atoms with E-state index in [9.17, 15) is 5.11 Å². The summed E-state index contributed by atoms with van der Waals surface area (Å²) in [4.78, 5) is 2.30. The van der Waals surface area contributed by atoms with Gasteiger partial charge in [-0.2, -0.15) is 0 Å². The summed E-state index contributed by atoms with van der Waals surface area (Å²) in [5.74, 6) is 1.03. The normalized spacial score (nSPS) is 17.2. The van der Waals surface area contributed by atoms with Gasteiger partial charge in [-0.3, -0.25) is 0 Å². The second-order valence-electron chi connectivity index (χ2n) is 5.62. The molecule has 0 bridgehead atoms. The molecule has 1 aliphatic rings. The molecule has 1 atom stereocenters. The minimum atomic E-state index is 0.113. The lowest BCUT2D eigenvalue weighted by atomic mass is 10.0. The van der Waals surface area contributed by atoms with Crippen molar-refractivity contribution in [3.05, 3.63) is 53.6 Å². The van der Waals surface area contributed by atoms with Gasteiger partial charge < -0.3 is 14.7 Å². The number of hydrogen-bond acceptors (Lipinski definition) is 3. The molecule has 0 amide bonds. The zero-order valence-corrected chi connectivity index (χ0v) is 12.5. The maximum atomic E-state index is 9.66. The molecule has 0 spiro atoms. The Bertz CT molecular complexity index is 622. The van der Waals surface area contributed by atoms with Gasteiger partial charge in [0.1, 0.15) is 17.6 Å². The van der Waals surface area contributed by atoms with E-state index >= 15 is 0 Å². The van der Waals surface area contributed by atoms with Gasteiger partial charge in [0.15, 0.2) is 0 Å². The lowest BCUT2D eigenvalue weighted by Crippen LogP contribution is -2.41. The van der Waals surface area contributed by atoms with Gasteiger partial charge in [0, 0.05) is 19.0 Å². The van der Waals surface area contributed by atoms with Crippen LogP contribution in [0.2, 0.25) is 0 Å². The first kappa shape index (κ1) is 13.8. The second-order valence-corrected chi connectivity index (χ2v) is 5.62. The summed E-state index contributed by atoms with van der Waals surface area (Å²) in [5.41, 5.74) is 3.62. The zero-order chi connectivity index (χ0) is 14.8. The average Bonchev–Trinajstić information content (AvgIpc) is 2.48. The molecule has 2 aromatic carbocycles. The number of hydrogen-bond donors (Lipinski definition) is 1. The molecule has 110 valence electrons. The molecule has 0 radical (unpaired) electrons. The average molecular weight is 283 g/mol. The Morgan fingerprint density at radius 3 is 2.67 bits per heavy atom. The first-order chi connectivity index (χ1) is 10.2. The monoisotopic (exact) mass is 283 g/mol. The van der Waals surface area contributed by atoms with E-state index in [1.54, 1.807) is 12.1 Å². The lowest BCUT2D eigenvalue weighted by molar-refractivity contribution is 0.193. The molecular formula is C18H21NO2. The van der Waals surface area contributed by atoms with Crippen LogP contribution in [0.5, 0.6) is 11.5 Å². The number of aryl methyl sites for hydroxylation is 1. The Balaban J connectivity index is 1.81. The van der Waals surface area contributed by atoms with Gasteiger partial charge in [0.25, 0.3) is 0 Å². The summed E-state index contributed by atoms with van der Waals surface area (Å²) in [7, 11) is 0. The molecule has 1 heterocycles. The smallest absolute Gasteiger partial charge is 0.146 e. The van der Waals surface area contributed by atoms with Crippen molar-refractivity contribution >= 4 is 5.69 Å². The van der Waals surface area contributed by atoms with Crippen molar-refractivity contribution in [2.45, 2.75) is 26.4 Å². The number of ether oxygens (including phenoxy) is 1. The first-order valence-corrected chi connectivity index (χ1v) is 7.46. The van der Waals surface area contributed by atoms with E-state index in [1.165, 1.54) is 11.1 Å². The SMILES string of the molecule is CCN1CC(Cc2ccc(C)cc2)Oc2cc(O)ccc21. The van der Waals surface area contributed by atoms with Gasteiger partial charge in [-0.25, -0.2) is 0 Å². The number of nitrogens with zero attached hydrogens (tertiary/aromatic N) is 1. The maximum Gasteiger partial charge on any atom is 0.146 e. The highest BCUT2D eigenvalue weighted by atomic mass is 16.5. The van der Waals surface area contributed by atoms with Crippen molar-refractivity contribution in [2.75, 3.05) is 18.0 Å².